The van der Waals surface area contributed by atoms with Crippen molar-refractivity contribution in [1.29, 1.82) is 0 Å². The highest BCUT2D eigenvalue weighted by Crippen LogP contribution is 2.53. The van der Waals surface area contributed by atoms with Gasteiger partial charge in [-0.15, -0.1) is 0 Å². The Morgan fingerprint density at radius 1 is 1.28 bits per heavy atom. The lowest BCUT2D eigenvalue weighted by molar-refractivity contribution is -0.153. The van der Waals surface area contributed by atoms with E-state index in [9.17, 15) is 14.0 Å². The molecule has 148 valence electrons. The zero-order chi connectivity index (χ0) is 20.2. The van der Waals surface area contributed by atoms with Crippen molar-refractivity contribution in [2.24, 2.45) is 11.8 Å². The first-order valence-corrected chi connectivity index (χ1v) is 9.70. The third-order valence-electron chi connectivity index (χ3n) is 5.81. The Morgan fingerprint density at radius 3 is 2.83 bits per heavy atom. The molecule has 3 heterocycles. The van der Waals surface area contributed by atoms with Crippen molar-refractivity contribution in [1.82, 2.24) is 0 Å². The van der Waals surface area contributed by atoms with Crippen LogP contribution in [-0.2, 0) is 25.7 Å². The normalized spacial score (nSPS) is 29.4. The van der Waals surface area contributed by atoms with Gasteiger partial charge >= 0.3 is 5.97 Å². The molecule has 3 aliphatic rings. The van der Waals surface area contributed by atoms with E-state index in [1.807, 2.05) is 42.5 Å². The van der Waals surface area contributed by atoms with Crippen molar-refractivity contribution in [2.75, 3.05) is 11.4 Å². The second-order valence-electron chi connectivity index (χ2n) is 7.52. The van der Waals surface area contributed by atoms with Crippen LogP contribution in [0.1, 0.15) is 5.56 Å². The molecular weight excluding hydrogens is 397 g/mol. The summed E-state index contributed by atoms with van der Waals surface area (Å²) < 4.78 is 25.5. The number of fused-ring (bicyclic) bond motifs is 1. The second kappa shape index (κ2) is 6.68. The van der Waals surface area contributed by atoms with Gasteiger partial charge in [-0.1, -0.05) is 54.1 Å². The van der Waals surface area contributed by atoms with Crippen LogP contribution in [0.4, 0.5) is 10.1 Å². The van der Waals surface area contributed by atoms with Gasteiger partial charge in [0, 0.05) is 5.69 Å². The van der Waals surface area contributed by atoms with Crippen LogP contribution in [0.5, 0.6) is 0 Å². The van der Waals surface area contributed by atoms with E-state index in [0.717, 1.165) is 5.56 Å². The molecule has 4 atom stereocenters. The maximum Gasteiger partial charge on any atom is 0.313 e. The van der Waals surface area contributed by atoms with Gasteiger partial charge in [-0.3, -0.25) is 9.59 Å². The summed E-state index contributed by atoms with van der Waals surface area (Å²) in [5.74, 6) is -2.77. The van der Waals surface area contributed by atoms with Crippen LogP contribution < -0.4 is 4.90 Å². The Labute approximate surface area is 171 Å². The first-order chi connectivity index (χ1) is 14.0. The van der Waals surface area contributed by atoms with Crippen LogP contribution in [0.25, 0.3) is 0 Å². The fraction of sp³-hybridized carbons (Fsp3) is 0.273. The topological polar surface area (TPSA) is 55.8 Å². The molecule has 0 aliphatic carbocycles. The smallest absolute Gasteiger partial charge is 0.313 e. The molecule has 0 unspecified atom stereocenters. The van der Waals surface area contributed by atoms with Crippen molar-refractivity contribution in [3.05, 3.63) is 77.1 Å². The summed E-state index contributed by atoms with van der Waals surface area (Å²) in [5.41, 5.74) is 0.359. The molecule has 2 fully saturated rings. The van der Waals surface area contributed by atoms with Crippen LogP contribution in [0.15, 0.2) is 60.7 Å². The lowest BCUT2D eigenvalue weighted by Gasteiger charge is -2.22. The van der Waals surface area contributed by atoms with Gasteiger partial charge in [-0.2, -0.15) is 0 Å². The quantitative estimate of drug-likeness (QED) is 0.568. The number of amides is 1. The number of carbonyl (C=O) groups excluding carboxylic acids is 2. The minimum Gasteiger partial charge on any atom is -0.460 e. The molecule has 3 aliphatic heterocycles. The van der Waals surface area contributed by atoms with Gasteiger partial charge in [0.15, 0.2) is 0 Å². The summed E-state index contributed by atoms with van der Waals surface area (Å²) in [4.78, 5) is 27.5. The summed E-state index contributed by atoms with van der Waals surface area (Å²) in [6, 6.07) is 13.6. The number of anilines is 1. The van der Waals surface area contributed by atoms with Crippen LogP contribution in [0, 0.1) is 17.7 Å². The number of esters is 1. The van der Waals surface area contributed by atoms with Crippen LogP contribution in [0.2, 0.25) is 5.02 Å². The van der Waals surface area contributed by atoms with E-state index in [1.165, 1.54) is 17.0 Å². The molecule has 0 radical (unpaired) electrons. The number of nitrogens with zero attached hydrogens (tertiary/aromatic N) is 1. The maximum atomic E-state index is 13.9. The molecular formula is C22H17ClFNO4. The maximum absolute atomic E-state index is 13.9. The number of hydrogen-bond donors (Lipinski definition) is 0. The van der Waals surface area contributed by atoms with E-state index in [4.69, 9.17) is 21.1 Å². The van der Waals surface area contributed by atoms with Crippen LogP contribution in [0.3, 0.4) is 0 Å². The molecule has 1 amide bonds. The molecule has 7 heteroatoms. The average Bonchev–Trinajstić information content (AvgIpc) is 3.37. The Morgan fingerprint density at radius 2 is 2.07 bits per heavy atom. The highest BCUT2D eigenvalue weighted by Gasteiger charge is 2.67. The first kappa shape index (κ1) is 18.3. The van der Waals surface area contributed by atoms with E-state index < -0.39 is 35.3 Å². The number of halogens is 2. The number of hydrogen-bond acceptors (Lipinski definition) is 4. The molecule has 0 aromatic heterocycles. The predicted octanol–water partition coefficient (Wildman–Crippen LogP) is 3.51. The van der Waals surface area contributed by atoms with E-state index >= 15 is 0 Å². The molecule has 2 aromatic carbocycles. The van der Waals surface area contributed by atoms with Gasteiger partial charge in [0.1, 0.15) is 23.9 Å². The second-order valence-corrected chi connectivity index (χ2v) is 7.92. The van der Waals surface area contributed by atoms with Gasteiger partial charge in [0.25, 0.3) is 0 Å². The lowest BCUT2D eigenvalue weighted by Crippen LogP contribution is -2.40. The van der Waals surface area contributed by atoms with Gasteiger partial charge in [0.2, 0.25) is 5.91 Å². The summed E-state index contributed by atoms with van der Waals surface area (Å²) in [6.45, 7) is 0.347. The van der Waals surface area contributed by atoms with E-state index in [0.29, 0.717) is 5.69 Å². The molecule has 2 bridgehead atoms. The van der Waals surface area contributed by atoms with Crippen molar-refractivity contribution in [3.63, 3.8) is 0 Å². The largest absolute Gasteiger partial charge is 0.460 e. The number of rotatable bonds is 4. The van der Waals surface area contributed by atoms with Crippen molar-refractivity contribution >= 4 is 29.2 Å². The zero-order valence-corrected chi connectivity index (χ0v) is 16.0. The monoisotopic (exact) mass is 413 g/mol. The van der Waals surface area contributed by atoms with Gasteiger partial charge in [-0.25, -0.2) is 4.39 Å². The van der Waals surface area contributed by atoms with Gasteiger partial charge in [-0.05, 0) is 23.8 Å². The molecule has 0 N–H and O–H groups in total. The molecule has 5 nitrogen and oxygen atoms in total. The number of ether oxygens (including phenoxy) is 2. The van der Waals surface area contributed by atoms with Gasteiger partial charge < -0.3 is 14.4 Å². The Kier molecular flexibility index (Phi) is 4.22. The van der Waals surface area contributed by atoms with Gasteiger partial charge in [0.05, 0.1) is 23.6 Å². The summed E-state index contributed by atoms with van der Waals surface area (Å²) >= 11 is 5.76. The van der Waals surface area contributed by atoms with Crippen molar-refractivity contribution in [3.8, 4) is 0 Å². The Bertz CT molecular complexity index is 1030. The molecule has 1 spiro atoms. The highest BCUT2D eigenvalue weighted by molar-refractivity contribution is 6.30. The van der Waals surface area contributed by atoms with E-state index in [1.54, 1.807) is 6.07 Å². The standard InChI is InChI=1S/C22H17ClFNO4/c23-15-7-6-14(10-16(15)24)25-12-22-9-8-17(29-22)18(19(22)20(25)26)21(27)28-11-13-4-2-1-3-5-13/h1-10,17-19H,11-12H2/t17-,18+,19-,22+/m0/s1. The average molecular weight is 414 g/mol. The lowest BCUT2D eigenvalue weighted by atomic mass is 9.77. The SMILES string of the molecule is O=C(OCc1ccccc1)[C@@H]1[C@@H]2C=C[C@]3(CN(c4ccc(Cl)c(F)c4)C(=O)[C@H]13)O2. The zero-order valence-electron chi connectivity index (χ0n) is 15.3. The molecule has 0 saturated carbocycles. The highest BCUT2D eigenvalue weighted by atomic mass is 35.5. The van der Waals surface area contributed by atoms with E-state index in [2.05, 4.69) is 0 Å². The Balaban J connectivity index is 1.39. The summed E-state index contributed by atoms with van der Waals surface area (Å²) in [6.07, 6.45) is 3.16. The summed E-state index contributed by atoms with van der Waals surface area (Å²) in [5, 5.41) is -0.0156. The number of benzene rings is 2. The minimum absolute atomic E-state index is 0.0156. The number of carbonyl (C=O) groups is 2. The molecule has 29 heavy (non-hydrogen) atoms. The van der Waals surface area contributed by atoms with E-state index in [-0.39, 0.29) is 24.1 Å². The Hall–Kier alpha value is -2.70. The fourth-order valence-electron chi connectivity index (χ4n) is 4.46. The first-order valence-electron chi connectivity index (χ1n) is 9.33. The van der Waals surface area contributed by atoms with Crippen molar-refractivity contribution in [2.45, 2.75) is 18.3 Å². The molecule has 2 aromatic rings. The van der Waals surface area contributed by atoms with Crippen LogP contribution in [-0.4, -0.2) is 30.1 Å². The summed E-state index contributed by atoms with van der Waals surface area (Å²) in [7, 11) is 0. The molecule has 5 rings (SSSR count). The third kappa shape index (κ3) is 2.86. The van der Waals surface area contributed by atoms with Crippen molar-refractivity contribution < 1.29 is 23.5 Å². The predicted molar refractivity (Wildman–Crippen MR) is 104 cm³/mol. The van der Waals surface area contributed by atoms with Crippen LogP contribution >= 0.6 is 11.6 Å². The fourth-order valence-corrected chi connectivity index (χ4v) is 4.58. The third-order valence-corrected chi connectivity index (χ3v) is 6.12. The minimum atomic E-state index is -0.895. The molecule has 2 saturated heterocycles.